The molecule has 0 radical (unpaired) electrons. The van der Waals surface area contributed by atoms with Crippen LogP contribution in [0.5, 0.6) is 0 Å². The van der Waals surface area contributed by atoms with Crippen molar-refractivity contribution in [1.29, 1.82) is 0 Å². The lowest BCUT2D eigenvalue weighted by Crippen LogP contribution is -2.55. The monoisotopic (exact) mass is 583 g/mol. The fourth-order valence-electron chi connectivity index (χ4n) is 4.42. The number of anilines is 1. The second-order valence-corrected chi connectivity index (χ2v) is 13.1. The third kappa shape index (κ3) is 7.43. The van der Waals surface area contributed by atoms with Gasteiger partial charge in [-0.05, 0) is 82.0 Å². The first-order chi connectivity index (χ1) is 18.8. The second-order valence-electron chi connectivity index (χ2n) is 10.8. The Bertz CT molecular complexity index is 1450. The normalized spacial score (nSPS) is 12.5. The van der Waals surface area contributed by atoms with E-state index in [0.29, 0.717) is 22.7 Å². The van der Waals surface area contributed by atoms with Crippen molar-refractivity contribution >= 4 is 39.1 Å². The van der Waals surface area contributed by atoms with Gasteiger partial charge >= 0.3 is 0 Å². The van der Waals surface area contributed by atoms with Crippen molar-refractivity contribution in [3.63, 3.8) is 0 Å². The molecular weight excluding hydrogens is 546 g/mol. The topological polar surface area (TPSA) is 86.8 Å². The Hall–Kier alpha value is -3.36. The highest BCUT2D eigenvalue weighted by Gasteiger charge is 2.35. The zero-order valence-electron chi connectivity index (χ0n) is 23.9. The highest BCUT2D eigenvalue weighted by atomic mass is 35.5. The molecule has 9 heteroatoms. The molecule has 7 nitrogen and oxygen atoms in total. The summed E-state index contributed by atoms with van der Waals surface area (Å²) in [4.78, 5) is 29.1. The maximum absolute atomic E-state index is 14.2. The molecule has 3 aromatic rings. The molecule has 0 fully saturated rings. The molecule has 0 saturated carbocycles. The smallest absolute Gasteiger partial charge is 0.264 e. The van der Waals surface area contributed by atoms with E-state index in [0.717, 1.165) is 15.4 Å². The number of hydrogen-bond acceptors (Lipinski definition) is 4. The lowest BCUT2D eigenvalue weighted by Gasteiger charge is -2.35. The van der Waals surface area contributed by atoms with E-state index < -0.39 is 34.1 Å². The number of carbonyl (C=O) groups excluding carboxylic acids is 2. The number of rotatable bonds is 10. The van der Waals surface area contributed by atoms with Gasteiger partial charge in [0.2, 0.25) is 11.8 Å². The van der Waals surface area contributed by atoms with E-state index in [2.05, 4.69) is 5.32 Å². The summed E-state index contributed by atoms with van der Waals surface area (Å²) < 4.78 is 29.1. The number of benzene rings is 3. The minimum atomic E-state index is -4.13. The number of sulfonamides is 1. The first-order valence-corrected chi connectivity index (χ1v) is 15.1. The lowest BCUT2D eigenvalue weighted by atomic mass is 10.1. The van der Waals surface area contributed by atoms with Crippen LogP contribution in [-0.2, 0) is 26.2 Å². The average Bonchev–Trinajstić information content (AvgIpc) is 2.89. The molecule has 0 aliphatic rings. The van der Waals surface area contributed by atoms with Crippen molar-refractivity contribution in [2.24, 2.45) is 0 Å². The van der Waals surface area contributed by atoms with Gasteiger partial charge in [-0.3, -0.25) is 13.9 Å². The Kier molecular flexibility index (Phi) is 10.0. The molecule has 1 N–H and O–H groups in total. The van der Waals surface area contributed by atoms with Crippen LogP contribution < -0.4 is 9.62 Å². The molecule has 0 spiro atoms. The van der Waals surface area contributed by atoms with Crippen LogP contribution in [0.1, 0.15) is 50.8 Å². The maximum Gasteiger partial charge on any atom is 0.264 e. The third-order valence-electron chi connectivity index (χ3n) is 6.64. The van der Waals surface area contributed by atoms with Gasteiger partial charge in [-0.1, -0.05) is 67.1 Å². The fraction of sp³-hybridized carbons (Fsp3) is 0.355. The number of nitrogens with one attached hydrogen (secondary N) is 1. The van der Waals surface area contributed by atoms with Crippen molar-refractivity contribution < 1.29 is 18.0 Å². The molecule has 2 amide bonds. The molecule has 3 aromatic carbocycles. The minimum Gasteiger partial charge on any atom is -0.350 e. The Balaban J connectivity index is 2.12. The molecule has 3 rings (SSSR count). The predicted octanol–water partition coefficient (Wildman–Crippen LogP) is 5.87. The van der Waals surface area contributed by atoms with Gasteiger partial charge in [0, 0.05) is 17.1 Å². The maximum atomic E-state index is 14.2. The highest BCUT2D eigenvalue weighted by Crippen LogP contribution is 2.29. The summed E-state index contributed by atoms with van der Waals surface area (Å²) in [7, 11) is -4.13. The van der Waals surface area contributed by atoms with Crippen LogP contribution in [0.15, 0.2) is 77.7 Å². The Morgan fingerprint density at radius 1 is 0.925 bits per heavy atom. The summed E-state index contributed by atoms with van der Waals surface area (Å²) in [6, 6.07) is 19.6. The van der Waals surface area contributed by atoms with Gasteiger partial charge < -0.3 is 10.2 Å². The Labute approximate surface area is 243 Å². The van der Waals surface area contributed by atoms with Crippen LogP contribution in [-0.4, -0.2) is 43.3 Å². The summed E-state index contributed by atoms with van der Waals surface area (Å²) >= 11 is 6.45. The van der Waals surface area contributed by atoms with Crippen LogP contribution >= 0.6 is 11.6 Å². The first-order valence-electron chi connectivity index (χ1n) is 13.2. The molecule has 1 unspecified atom stereocenters. The SMILES string of the molecule is CCC(C(=O)NC(C)(C)C)N(Cc1ccccc1Cl)C(=O)CN(c1cccc(C)c1C)S(=O)(=O)c1ccccc1. The largest absolute Gasteiger partial charge is 0.350 e. The van der Waals surface area contributed by atoms with Crippen molar-refractivity contribution in [2.75, 3.05) is 10.8 Å². The molecule has 0 heterocycles. The van der Waals surface area contributed by atoms with E-state index in [1.165, 1.54) is 17.0 Å². The van der Waals surface area contributed by atoms with E-state index in [4.69, 9.17) is 11.6 Å². The van der Waals surface area contributed by atoms with Crippen molar-refractivity contribution in [3.05, 3.63) is 94.5 Å². The molecule has 0 bridgehead atoms. The van der Waals surface area contributed by atoms with Gasteiger partial charge in [0.15, 0.2) is 0 Å². The molecular formula is C31H38ClN3O4S. The molecule has 0 aliphatic heterocycles. The van der Waals surface area contributed by atoms with Gasteiger partial charge in [0.25, 0.3) is 10.0 Å². The van der Waals surface area contributed by atoms with Crippen LogP contribution in [0.2, 0.25) is 5.02 Å². The second kappa shape index (κ2) is 12.9. The van der Waals surface area contributed by atoms with E-state index in [1.807, 2.05) is 53.7 Å². The van der Waals surface area contributed by atoms with E-state index >= 15 is 0 Å². The average molecular weight is 584 g/mol. The number of hydrogen-bond donors (Lipinski definition) is 1. The zero-order valence-corrected chi connectivity index (χ0v) is 25.5. The molecule has 40 heavy (non-hydrogen) atoms. The quantitative estimate of drug-likeness (QED) is 0.323. The number of carbonyl (C=O) groups is 2. The summed E-state index contributed by atoms with van der Waals surface area (Å²) in [5.41, 5.74) is 2.17. The molecule has 0 saturated heterocycles. The summed E-state index contributed by atoms with van der Waals surface area (Å²) in [5.74, 6) is -0.837. The standard InChI is InChI=1S/C31H38ClN3O4S/c1-7-27(30(37)33-31(4,5)6)34(20-24-15-11-12-18-26(24)32)29(36)21-35(28-19-13-14-22(2)23(28)3)40(38,39)25-16-9-8-10-17-25/h8-19,27H,7,20-21H2,1-6H3,(H,33,37). The highest BCUT2D eigenvalue weighted by molar-refractivity contribution is 7.92. The summed E-state index contributed by atoms with van der Waals surface area (Å²) in [5, 5.41) is 3.42. The van der Waals surface area contributed by atoms with Gasteiger partial charge in [-0.2, -0.15) is 0 Å². The van der Waals surface area contributed by atoms with Gasteiger partial charge in [-0.25, -0.2) is 8.42 Å². The molecule has 0 aromatic heterocycles. The predicted molar refractivity (Wildman–Crippen MR) is 161 cm³/mol. The van der Waals surface area contributed by atoms with Crippen molar-refractivity contribution in [2.45, 2.75) is 71.0 Å². The van der Waals surface area contributed by atoms with Crippen LogP contribution in [0.4, 0.5) is 5.69 Å². The van der Waals surface area contributed by atoms with Gasteiger partial charge in [0.05, 0.1) is 10.6 Å². The van der Waals surface area contributed by atoms with Crippen molar-refractivity contribution in [3.8, 4) is 0 Å². The van der Waals surface area contributed by atoms with Crippen molar-refractivity contribution in [1.82, 2.24) is 10.2 Å². The number of halogens is 1. The van der Waals surface area contributed by atoms with Crippen LogP contribution in [0.3, 0.4) is 0 Å². The van der Waals surface area contributed by atoms with Crippen LogP contribution in [0.25, 0.3) is 0 Å². The lowest BCUT2D eigenvalue weighted by molar-refractivity contribution is -0.141. The van der Waals surface area contributed by atoms with E-state index in [9.17, 15) is 18.0 Å². The number of amides is 2. The van der Waals surface area contributed by atoms with E-state index in [1.54, 1.807) is 48.5 Å². The molecule has 214 valence electrons. The zero-order chi connectivity index (χ0) is 29.7. The van der Waals surface area contributed by atoms with Gasteiger partial charge in [-0.15, -0.1) is 0 Å². The first kappa shape index (κ1) is 31.2. The fourth-order valence-corrected chi connectivity index (χ4v) is 6.11. The number of aryl methyl sites for hydroxylation is 1. The number of nitrogens with zero attached hydrogens (tertiary/aromatic N) is 2. The van der Waals surface area contributed by atoms with E-state index in [-0.39, 0.29) is 17.3 Å². The Morgan fingerprint density at radius 2 is 1.55 bits per heavy atom. The summed E-state index contributed by atoms with van der Waals surface area (Å²) in [6.45, 7) is 10.7. The summed E-state index contributed by atoms with van der Waals surface area (Å²) in [6.07, 6.45) is 0.326. The van der Waals surface area contributed by atoms with Gasteiger partial charge in [0.1, 0.15) is 12.6 Å². The van der Waals surface area contributed by atoms with Crippen LogP contribution in [0, 0.1) is 13.8 Å². The molecule has 1 atom stereocenters. The third-order valence-corrected chi connectivity index (χ3v) is 8.78. The molecule has 0 aliphatic carbocycles. The minimum absolute atomic E-state index is 0.0423. The Morgan fingerprint density at radius 3 is 2.15 bits per heavy atom.